The Hall–Kier alpha value is -3.35. The van der Waals surface area contributed by atoms with E-state index in [1.165, 1.54) is 4.90 Å². The summed E-state index contributed by atoms with van der Waals surface area (Å²) in [6.07, 6.45) is 0.500. The zero-order valence-electron chi connectivity index (χ0n) is 19.9. The number of fused-ring (bicyclic) bond motifs is 3. The zero-order chi connectivity index (χ0) is 24.5. The molecule has 0 saturated carbocycles. The summed E-state index contributed by atoms with van der Waals surface area (Å²) in [5.41, 5.74) is 3.38. The highest BCUT2D eigenvalue weighted by Crippen LogP contribution is 2.44. The molecule has 2 N–H and O–H groups in total. The number of carboxylic acid groups (broad SMARTS) is 1. The first kappa shape index (κ1) is 23.8. The number of hydrogen-bond donors (Lipinski definition) is 2. The largest absolute Gasteiger partial charge is 0.480 e. The standard InChI is InChI=1S/C27H32N2O5/c1-17(2)22(24(30)29-14-8-13-27(29,3)25(31)32)15-28-26(33)34-16-23-20-11-6-4-9-18(20)19-10-5-7-12-21(19)23/h4-7,9-12,17,22-23H,8,13-16H2,1-3H3,(H,28,33)(H,31,32)/t22?,27-/m1/s1. The Morgan fingerprint density at radius 2 is 1.68 bits per heavy atom. The summed E-state index contributed by atoms with van der Waals surface area (Å²) in [5.74, 6) is -1.87. The van der Waals surface area contributed by atoms with Crippen molar-refractivity contribution in [3.05, 3.63) is 59.7 Å². The molecule has 0 spiro atoms. The molecular formula is C27H32N2O5. The highest BCUT2D eigenvalue weighted by atomic mass is 16.5. The van der Waals surface area contributed by atoms with Gasteiger partial charge in [0.1, 0.15) is 12.1 Å². The molecule has 0 bridgehead atoms. The molecule has 1 aliphatic carbocycles. The van der Waals surface area contributed by atoms with Gasteiger partial charge in [-0.3, -0.25) is 4.79 Å². The van der Waals surface area contributed by atoms with Gasteiger partial charge in [-0.2, -0.15) is 0 Å². The molecule has 2 aliphatic rings. The molecule has 0 radical (unpaired) electrons. The lowest BCUT2D eigenvalue weighted by Gasteiger charge is -2.35. The van der Waals surface area contributed by atoms with Crippen molar-refractivity contribution in [1.29, 1.82) is 0 Å². The van der Waals surface area contributed by atoms with Crippen LogP contribution >= 0.6 is 0 Å². The van der Waals surface area contributed by atoms with E-state index in [2.05, 4.69) is 29.6 Å². The first-order valence-corrected chi connectivity index (χ1v) is 11.9. The van der Waals surface area contributed by atoms with Gasteiger partial charge < -0.3 is 20.1 Å². The summed E-state index contributed by atoms with van der Waals surface area (Å²) in [6, 6.07) is 16.3. The summed E-state index contributed by atoms with van der Waals surface area (Å²) in [6.45, 7) is 6.10. The van der Waals surface area contributed by atoms with Crippen LogP contribution in [0.25, 0.3) is 11.1 Å². The highest BCUT2D eigenvalue weighted by molar-refractivity contribution is 5.89. The lowest BCUT2D eigenvalue weighted by atomic mass is 9.91. The lowest BCUT2D eigenvalue weighted by molar-refractivity contribution is -0.157. The SMILES string of the molecule is CC(C)C(CNC(=O)OCC1c2ccccc2-c2ccccc21)C(=O)N1CCC[C@]1(C)C(=O)O. The van der Waals surface area contributed by atoms with Crippen molar-refractivity contribution >= 4 is 18.0 Å². The van der Waals surface area contributed by atoms with E-state index in [1.54, 1.807) is 6.92 Å². The highest BCUT2D eigenvalue weighted by Gasteiger charge is 2.47. The van der Waals surface area contributed by atoms with Crippen molar-refractivity contribution in [1.82, 2.24) is 10.2 Å². The number of aliphatic carboxylic acids is 1. The minimum absolute atomic E-state index is 0.0402. The second-order valence-electron chi connectivity index (χ2n) is 9.73. The molecule has 7 heteroatoms. The van der Waals surface area contributed by atoms with Gasteiger partial charge in [-0.1, -0.05) is 62.4 Å². The van der Waals surface area contributed by atoms with Gasteiger partial charge in [0.05, 0.1) is 5.92 Å². The van der Waals surface area contributed by atoms with Crippen molar-refractivity contribution in [2.24, 2.45) is 11.8 Å². The van der Waals surface area contributed by atoms with E-state index in [0.717, 1.165) is 22.3 Å². The number of carbonyl (C=O) groups excluding carboxylic acids is 2. The predicted octanol–water partition coefficient (Wildman–Crippen LogP) is 4.26. The molecule has 4 rings (SSSR count). The van der Waals surface area contributed by atoms with Gasteiger partial charge in [-0.05, 0) is 47.9 Å². The molecule has 180 valence electrons. The van der Waals surface area contributed by atoms with Crippen molar-refractivity contribution in [3.8, 4) is 11.1 Å². The van der Waals surface area contributed by atoms with Crippen LogP contribution in [0.15, 0.2) is 48.5 Å². The number of carboxylic acids is 1. The third-order valence-corrected chi connectivity index (χ3v) is 7.30. The molecule has 2 atom stereocenters. The van der Waals surface area contributed by atoms with Gasteiger partial charge >= 0.3 is 12.1 Å². The van der Waals surface area contributed by atoms with E-state index in [-0.39, 0.29) is 30.9 Å². The number of nitrogens with one attached hydrogen (secondary N) is 1. The van der Waals surface area contributed by atoms with Crippen LogP contribution in [0.1, 0.15) is 50.7 Å². The monoisotopic (exact) mass is 464 g/mol. The predicted molar refractivity (Wildman–Crippen MR) is 128 cm³/mol. The Morgan fingerprint density at radius 1 is 1.09 bits per heavy atom. The molecule has 1 unspecified atom stereocenters. The van der Waals surface area contributed by atoms with Crippen LogP contribution in [0.2, 0.25) is 0 Å². The normalized spacial score (nSPS) is 20.1. The number of rotatable bonds is 7. The fourth-order valence-electron chi connectivity index (χ4n) is 5.19. The van der Waals surface area contributed by atoms with Gasteiger partial charge in [-0.25, -0.2) is 9.59 Å². The molecule has 7 nitrogen and oxygen atoms in total. The summed E-state index contributed by atoms with van der Waals surface area (Å²) in [4.78, 5) is 39.1. The maximum atomic E-state index is 13.2. The number of ether oxygens (including phenoxy) is 1. The van der Waals surface area contributed by atoms with E-state index < -0.39 is 23.5 Å². The molecule has 0 aromatic heterocycles. The average molecular weight is 465 g/mol. The minimum Gasteiger partial charge on any atom is -0.480 e. The van der Waals surface area contributed by atoms with Crippen LogP contribution in [0, 0.1) is 11.8 Å². The van der Waals surface area contributed by atoms with E-state index in [1.807, 2.05) is 38.1 Å². The van der Waals surface area contributed by atoms with E-state index in [0.29, 0.717) is 19.4 Å². The Balaban J connectivity index is 1.39. The molecular weight excluding hydrogens is 432 g/mol. The molecule has 1 heterocycles. The smallest absolute Gasteiger partial charge is 0.407 e. The van der Waals surface area contributed by atoms with Crippen molar-refractivity contribution < 1.29 is 24.2 Å². The van der Waals surface area contributed by atoms with Gasteiger partial charge in [0.15, 0.2) is 0 Å². The number of alkyl carbamates (subject to hydrolysis) is 1. The number of amides is 2. The number of hydrogen-bond acceptors (Lipinski definition) is 4. The van der Waals surface area contributed by atoms with E-state index in [9.17, 15) is 19.5 Å². The van der Waals surface area contributed by atoms with Crippen molar-refractivity contribution in [3.63, 3.8) is 0 Å². The summed E-state index contributed by atoms with van der Waals surface area (Å²) in [7, 11) is 0. The quantitative estimate of drug-likeness (QED) is 0.638. The molecule has 2 amide bonds. The Bertz CT molecular complexity index is 1050. The third-order valence-electron chi connectivity index (χ3n) is 7.30. The topological polar surface area (TPSA) is 95.9 Å². The summed E-state index contributed by atoms with van der Waals surface area (Å²) >= 11 is 0. The third kappa shape index (κ3) is 4.27. The van der Waals surface area contributed by atoms with Gasteiger partial charge in [0.25, 0.3) is 0 Å². The zero-order valence-corrected chi connectivity index (χ0v) is 19.9. The molecule has 1 fully saturated rings. The van der Waals surface area contributed by atoms with Crippen molar-refractivity contribution in [2.75, 3.05) is 19.7 Å². The summed E-state index contributed by atoms with van der Waals surface area (Å²) in [5, 5.41) is 12.4. The lowest BCUT2D eigenvalue weighted by Crippen LogP contribution is -2.54. The van der Waals surface area contributed by atoms with E-state index >= 15 is 0 Å². The number of nitrogens with zero attached hydrogens (tertiary/aromatic N) is 1. The van der Waals surface area contributed by atoms with Crippen LogP contribution in [0.4, 0.5) is 4.79 Å². The molecule has 34 heavy (non-hydrogen) atoms. The van der Waals surface area contributed by atoms with Crippen LogP contribution in [-0.2, 0) is 14.3 Å². The minimum atomic E-state index is -1.20. The fourth-order valence-corrected chi connectivity index (χ4v) is 5.19. The number of benzene rings is 2. The molecule has 2 aromatic rings. The van der Waals surface area contributed by atoms with Crippen LogP contribution < -0.4 is 5.32 Å². The van der Waals surface area contributed by atoms with Crippen LogP contribution in [-0.4, -0.2) is 53.2 Å². The maximum Gasteiger partial charge on any atom is 0.407 e. The Labute approximate surface area is 200 Å². The van der Waals surface area contributed by atoms with E-state index in [4.69, 9.17) is 4.74 Å². The molecule has 2 aromatic carbocycles. The number of carbonyl (C=O) groups is 3. The van der Waals surface area contributed by atoms with Gasteiger partial charge in [0, 0.05) is 19.0 Å². The first-order valence-electron chi connectivity index (χ1n) is 11.9. The summed E-state index contributed by atoms with van der Waals surface area (Å²) < 4.78 is 5.59. The van der Waals surface area contributed by atoms with Crippen molar-refractivity contribution in [2.45, 2.75) is 45.1 Å². The average Bonchev–Trinajstić information content (AvgIpc) is 3.36. The maximum absolute atomic E-state index is 13.2. The Kier molecular flexibility index (Phi) is 6.64. The number of likely N-dealkylation sites (tertiary alicyclic amines) is 1. The second-order valence-corrected chi connectivity index (χ2v) is 9.73. The molecule has 1 aliphatic heterocycles. The molecule has 1 saturated heterocycles. The first-order chi connectivity index (χ1) is 16.2. The fraction of sp³-hybridized carbons (Fsp3) is 0.444. The van der Waals surface area contributed by atoms with Crippen LogP contribution in [0.5, 0.6) is 0 Å². The van der Waals surface area contributed by atoms with Crippen LogP contribution in [0.3, 0.4) is 0 Å². The van der Waals surface area contributed by atoms with Gasteiger partial charge in [-0.15, -0.1) is 0 Å². The second kappa shape index (κ2) is 9.49. The van der Waals surface area contributed by atoms with Gasteiger partial charge in [0.2, 0.25) is 5.91 Å². The Morgan fingerprint density at radius 3 is 2.24 bits per heavy atom.